The molecule has 37 heavy (non-hydrogen) atoms. The second kappa shape index (κ2) is 31.2. The van der Waals surface area contributed by atoms with Crippen LogP contribution in [0.2, 0.25) is 0 Å². The van der Waals surface area contributed by atoms with Gasteiger partial charge in [-0.3, -0.25) is 0 Å². The molecule has 0 fully saturated rings. The molecule has 0 radical (unpaired) electrons. The average Bonchev–Trinajstić information content (AvgIpc) is 2.93. The van der Waals surface area contributed by atoms with Crippen molar-refractivity contribution in [2.75, 3.05) is 6.54 Å². The van der Waals surface area contributed by atoms with Gasteiger partial charge in [-0.1, -0.05) is 129 Å². The third kappa shape index (κ3) is 25.1. The summed E-state index contributed by atoms with van der Waals surface area (Å²) >= 11 is 0. The minimum Gasteiger partial charge on any atom is -0.327 e. The maximum Gasteiger partial charge on any atom is 0.106 e. The molecule has 0 heterocycles. The van der Waals surface area contributed by atoms with Crippen molar-refractivity contribution in [3.63, 3.8) is 0 Å². The Bertz CT molecular complexity index is 610. The Balaban J connectivity index is -0.000000142. The Kier molecular flexibility index (Phi) is 36.4. The van der Waals surface area contributed by atoms with E-state index in [0.717, 1.165) is 24.0 Å². The molecule has 2 N–H and O–H groups in total. The second-order valence-electron chi connectivity index (χ2n) is 10.1. The third-order valence-corrected chi connectivity index (χ3v) is 7.47. The number of hydrogen-bond donors (Lipinski definition) is 1. The van der Waals surface area contributed by atoms with Crippen molar-refractivity contribution in [2.45, 2.75) is 140 Å². The molecule has 222 valence electrons. The summed E-state index contributed by atoms with van der Waals surface area (Å²) in [5.74, 6) is 2.48. The predicted octanol–water partition coefficient (Wildman–Crippen LogP) is 11.1. The van der Waals surface area contributed by atoms with E-state index in [0.29, 0.717) is 5.92 Å². The first-order chi connectivity index (χ1) is 17.3. The summed E-state index contributed by atoms with van der Waals surface area (Å²) in [6.45, 7) is 22.5. The van der Waals surface area contributed by atoms with Crippen molar-refractivity contribution >= 4 is 16.0 Å². The second-order valence-corrected chi connectivity index (χ2v) is 11.1. The van der Waals surface area contributed by atoms with E-state index in [1.807, 2.05) is 20.6 Å². The first-order valence-electron chi connectivity index (χ1n) is 14.7. The van der Waals surface area contributed by atoms with E-state index in [1.54, 1.807) is 5.57 Å². The SMILES string of the molecule is C.C/C=C\C=C(\C)C(C)C1=CCC(CC)CC1.C=O.CC.CCCCC(C)C.NCC1=CCC(P)CC1.[HH]. The maximum atomic E-state index is 8.00. The fourth-order valence-electron chi connectivity index (χ4n) is 4.06. The van der Waals surface area contributed by atoms with E-state index in [2.05, 4.69) is 88.1 Å². The number of carbonyl (C=O) groups is 1. The van der Waals surface area contributed by atoms with Gasteiger partial charge < -0.3 is 10.5 Å². The molecule has 2 aliphatic rings. The number of allylic oxidation sites excluding steroid dienone is 7. The van der Waals surface area contributed by atoms with E-state index >= 15 is 0 Å². The van der Waals surface area contributed by atoms with Gasteiger partial charge in [-0.2, -0.15) is 0 Å². The van der Waals surface area contributed by atoms with Crippen LogP contribution in [0, 0.1) is 17.8 Å². The Labute approximate surface area is 238 Å². The zero-order valence-electron chi connectivity index (χ0n) is 25.7. The minimum absolute atomic E-state index is 0. The molecule has 0 aliphatic heterocycles. The van der Waals surface area contributed by atoms with Crippen LogP contribution in [0.3, 0.4) is 0 Å². The predicted molar refractivity (Wildman–Crippen MR) is 180 cm³/mol. The largest absolute Gasteiger partial charge is 0.327 e. The Hall–Kier alpha value is -0.980. The lowest BCUT2D eigenvalue weighted by molar-refractivity contribution is -0.0980. The molecule has 2 rings (SSSR count). The summed E-state index contributed by atoms with van der Waals surface area (Å²) in [7, 11) is 2.86. The van der Waals surface area contributed by atoms with Crippen molar-refractivity contribution < 1.29 is 6.22 Å². The van der Waals surface area contributed by atoms with Gasteiger partial charge in [0.25, 0.3) is 0 Å². The minimum atomic E-state index is 0. The van der Waals surface area contributed by atoms with Gasteiger partial charge in [0.05, 0.1) is 0 Å². The monoisotopic (exact) mass is 540 g/mol. The van der Waals surface area contributed by atoms with Gasteiger partial charge in [0.15, 0.2) is 0 Å². The summed E-state index contributed by atoms with van der Waals surface area (Å²) in [6, 6.07) is 0. The topological polar surface area (TPSA) is 43.1 Å². The van der Waals surface area contributed by atoms with Gasteiger partial charge in [-0.25, -0.2) is 0 Å². The fraction of sp³-hybridized carbons (Fsp3) is 0.735. The number of nitrogens with two attached hydrogens (primary N) is 1. The molecule has 4 unspecified atom stereocenters. The van der Waals surface area contributed by atoms with Crippen molar-refractivity contribution in [3.8, 4) is 0 Å². The van der Waals surface area contributed by atoms with Crippen LogP contribution in [-0.4, -0.2) is 19.0 Å². The highest BCUT2D eigenvalue weighted by Crippen LogP contribution is 2.32. The quantitative estimate of drug-likeness (QED) is 0.189. The Morgan fingerprint density at radius 2 is 1.76 bits per heavy atom. The third-order valence-electron chi connectivity index (χ3n) is 6.87. The molecule has 0 aromatic rings. The normalized spacial score (nSPS) is 19.6. The summed E-state index contributed by atoms with van der Waals surface area (Å²) < 4.78 is 0. The van der Waals surface area contributed by atoms with Crippen LogP contribution < -0.4 is 5.73 Å². The van der Waals surface area contributed by atoms with E-state index in [9.17, 15) is 0 Å². The number of rotatable bonds is 8. The van der Waals surface area contributed by atoms with Gasteiger partial charge >= 0.3 is 0 Å². The molecule has 0 aromatic heterocycles. The lowest BCUT2D eigenvalue weighted by atomic mass is 9.81. The van der Waals surface area contributed by atoms with Crippen LogP contribution in [0.4, 0.5) is 0 Å². The molecule has 0 aromatic carbocycles. The standard InChI is InChI=1S/C16H26.C7H14NP.C7H16.C2H6.CH2O.CH4.H2/c1-5-7-8-13(3)14(4)16-11-9-15(6-2)10-12-16;8-5-6-1-3-7(9)4-2-6;1-4-5-6-7(2)3;2*1-2;;/h5,7-8,11,14-15H,6,9-10,12H2,1-4H3;1,7H,2-5,8-9H2;7H,4-6H2,1-3H3;1-2H3;1H2;1H4;1H/b7-5-,13-8-;;;;;;. The maximum absolute atomic E-state index is 8.00. The molecule has 0 bridgehead atoms. The summed E-state index contributed by atoms with van der Waals surface area (Å²) in [6.07, 6.45) is 24.5. The van der Waals surface area contributed by atoms with Crippen molar-refractivity contribution in [1.82, 2.24) is 0 Å². The highest BCUT2D eigenvalue weighted by atomic mass is 31.0. The molecular formula is C34H70NOP. The van der Waals surface area contributed by atoms with Crippen LogP contribution in [0.25, 0.3) is 0 Å². The van der Waals surface area contributed by atoms with E-state index < -0.39 is 0 Å². The summed E-state index contributed by atoms with van der Waals surface area (Å²) in [5, 5.41) is 0. The van der Waals surface area contributed by atoms with Crippen molar-refractivity contribution in [2.24, 2.45) is 23.5 Å². The highest BCUT2D eigenvalue weighted by molar-refractivity contribution is 7.17. The number of unbranched alkanes of at least 4 members (excludes halogenated alkanes) is 1. The lowest BCUT2D eigenvalue weighted by Crippen LogP contribution is -2.10. The van der Waals surface area contributed by atoms with E-state index in [-0.39, 0.29) is 8.85 Å². The molecule has 0 amide bonds. The highest BCUT2D eigenvalue weighted by Gasteiger charge is 2.17. The molecular weight excluding hydrogens is 469 g/mol. The molecule has 3 heteroatoms. The van der Waals surface area contributed by atoms with Crippen LogP contribution in [0.5, 0.6) is 0 Å². The Morgan fingerprint density at radius 3 is 2.11 bits per heavy atom. The average molecular weight is 540 g/mol. The fourth-order valence-corrected chi connectivity index (χ4v) is 4.37. The van der Waals surface area contributed by atoms with Gasteiger partial charge in [0.2, 0.25) is 0 Å². The van der Waals surface area contributed by atoms with Gasteiger partial charge in [-0.15, -0.1) is 9.24 Å². The molecule has 0 saturated heterocycles. The molecule has 2 nitrogen and oxygen atoms in total. The molecule has 2 aliphatic carbocycles. The van der Waals surface area contributed by atoms with Crippen molar-refractivity contribution in [1.29, 1.82) is 0 Å². The zero-order valence-corrected chi connectivity index (χ0v) is 26.9. The van der Waals surface area contributed by atoms with Gasteiger partial charge in [0, 0.05) is 7.97 Å². The molecule has 0 saturated carbocycles. The first-order valence-corrected chi connectivity index (χ1v) is 15.4. The van der Waals surface area contributed by atoms with Crippen LogP contribution in [0.1, 0.15) is 135 Å². The summed E-state index contributed by atoms with van der Waals surface area (Å²) in [5.41, 5.74) is 10.9. The van der Waals surface area contributed by atoms with Gasteiger partial charge in [-0.05, 0) is 75.8 Å². The Morgan fingerprint density at radius 1 is 1.14 bits per heavy atom. The van der Waals surface area contributed by atoms with Crippen molar-refractivity contribution in [3.05, 3.63) is 47.1 Å². The zero-order chi connectivity index (χ0) is 28.4. The number of carbonyl (C=O) groups excluding carboxylic acids is 1. The van der Waals surface area contributed by atoms with Crippen LogP contribution in [0.15, 0.2) is 47.1 Å². The lowest BCUT2D eigenvalue weighted by Gasteiger charge is -2.25. The molecule has 0 spiro atoms. The van der Waals surface area contributed by atoms with E-state index in [4.69, 9.17) is 10.5 Å². The van der Waals surface area contributed by atoms with Gasteiger partial charge in [0.1, 0.15) is 6.79 Å². The smallest absolute Gasteiger partial charge is 0.106 e. The van der Waals surface area contributed by atoms with Crippen LogP contribution >= 0.6 is 9.24 Å². The number of hydrogen-bond acceptors (Lipinski definition) is 2. The first kappa shape index (κ1) is 43.1. The van der Waals surface area contributed by atoms with E-state index in [1.165, 1.54) is 75.4 Å². The van der Waals surface area contributed by atoms with Crippen LogP contribution in [-0.2, 0) is 4.79 Å². The molecule has 4 atom stereocenters. The summed E-state index contributed by atoms with van der Waals surface area (Å²) in [4.78, 5) is 8.00.